The first-order valence-electron chi connectivity index (χ1n) is 7.17. The lowest BCUT2D eigenvalue weighted by Gasteiger charge is -2.09. The molecule has 0 spiro atoms. The maximum absolute atomic E-state index is 13.3. The number of rotatable bonds is 4. The molecule has 1 aromatic heterocycles. The quantitative estimate of drug-likeness (QED) is 0.753. The van der Waals surface area contributed by atoms with Gasteiger partial charge in [-0.2, -0.15) is 0 Å². The van der Waals surface area contributed by atoms with E-state index in [0.29, 0.717) is 5.58 Å². The fourth-order valence-corrected chi connectivity index (χ4v) is 2.48. The molecule has 0 fully saturated rings. The average molecular weight is 283 g/mol. The molecule has 0 atom stereocenters. The van der Waals surface area contributed by atoms with E-state index >= 15 is 0 Å². The minimum absolute atomic E-state index is 0.244. The van der Waals surface area contributed by atoms with Gasteiger partial charge in [0.05, 0.1) is 0 Å². The molecule has 21 heavy (non-hydrogen) atoms. The summed E-state index contributed by atoms with van der Waals surface area (Å²) in [4.78, 5) is 0. The zero-order valence-electron chi connectivity index (χ0n) is 12.2. The Morgan fingerprint density at radius 1 is 1.10 bits per heavy atom. The lowest BCUT2D eigenvalue weighted by Crippen LogP contribution is -2.12. The molecule has 3 heteroatoms. The molecule has 2 nitrogen and oxygen atoms in total. The summed E-state index contributed by atoms with van der Waals surface area (Å²) in [5.74, 6) is 0.541. The van der Waals surface area contributed by atoms with E-state index < -0.39 is 0 Å². The summed E-state index contributed by atoms with van der Waals surface area (Å²) in [6.45, 7) is 5.84. The van der Waals surface area contributed by atoms with E-state index in [1.807, 2.05) is 6.07 Å². The second-order valence-electron chi connectivity index (χ2n) is 5.23. The lowest BCUT2D eigenvalue weighted by atomic mass is 10.0. The van der Waals surface area contributed by atoms with Crippen molar-refractivity contribution in [3.05, 3.63) is 59.4 Å². The zero-order chi connectivity index (χ0) is 14.8. The topological polar surface area (TPSA) is 25.2 Å². The van der Waals surface area contributed by atoms with Gasteiger partial charge in [0.1, 0.15) is 17.2 Å². The molecule has 1 heterocycles. The van der Waals surface area contributed by atoms with Crippen LogP contribution in [0.2, 0.25) is 0 Å². The van der Waals surface area contributed by atoms with Gasteiger partial charge in [0.15, 0.2) is 0 Å². The van der Waals surface area contributed by atoms with E-state index in [4.69, 9.17) is 4.42 Å². The molecule has 1 N–H and O–H groups in total. The van der Waals surface area contributed by atoms with E-state index in [1.54, 1.807) is 6.07 Å². The summed E-state index contributed by atoms with van der Waals surface area (Å²) in [5, 5.41) is 4.13. The van der Waals surface area contributed by atoms with E-state index in [-0.39, 0.29) is 5.82 Å². The van der Waals surface area contributed by atoms with Gasteiger partial charge >= 0.3 is 0 Å². The summed E-state index contributed by atoms with van der Waals surface area (Å²) in [6, 6.07) is 12.8. The van der Waals surface area contributed by atoms with Gasteiger partial charge in [-0.25, -0.2) is 4.39 Å². The SMILES string of the molecule is CCNCc1ccc(C)cc1-c1cc2cc(F)ccc2o1. The number of aryl methyl sites for hydroxylation is 1. The molecule has 0 radical (unpaired) electrons. The Kier molecular flexibility index (Phi) is 3.76. The smallest absolute Gasteiger partial charge is 0.135 e. The molecule has 0 amide bonds. The number of halogens is 1. The highest BCUT2D eigenvalue weighted by atomic mass is 19.1. The van der Waals surface area contributed by atoms with Crippen molar-refractivity contribution >= 4 is 11.0 Å². The monoisotopic (exact) mass is 283 g/mol. The molecule has 0 unspecified atom stereocenters. The fraction of sp³-hybridized carbons (Fsp3) is 0.222. The van der Waals surface area contributed by atoms with Crippen molar-refractivity contribution in [1.29, 1.82) is 0 Å². The molecular formula is C18H18FNO. The van der Waals surface area contributed by atoms with Crippen LogP contribution < -0.4 is 5.32 Å². The van der Waals surface area contributed by atoms with Crippen molar-refractivity contribution in [2.75, 3.05) is 6.54 Å². The number of hydrogen-bond donors (Lipinski definition) is 1. The van der Waals surface area contributed by atoms with Gasteiger partial charge in [-0.3, -0.25) is 0 Å². The van der Waals surface area contributed by atoms with Crippen LogP contribution in [-0.4, -0.2) is 6.54 Å². The molecule has 2 aromatic carbocycles. The highest BCUT2D eigenvalue weighted by Crippen LogP contribution is 2.31. The Bertz CT molecular complexity index is 776. The van der Waals surface area contributed by atoms with Gasteiger partial charge in [0.25, 0.3) is 0 Å². The van der Waals surface area contributed by atoms with Gasteiger partial charge in [0.2, 0.25) is 0 Å². The Morgan fingerprint density at radius 2 is 1.95 bits per heavy atom. The van der Waals surface area contributed by atoms with Crippen LogP contribution in [0.3, 0.4) is 0 Å². The maximum Gasteiger partial charge on any atom is 0.135 e. The Balaban J connectivity index is 2.10. The summed E-state index contributed by atoms with van der Waals surface area (Å²) in [7, 11) is 0. The average Bonchev–Trinajstić information content (AvgIpc) is 2.88. The molecule has 0 aliphatic carbocycles. The summed E-state index contributed by atoms with van der Waals surface area (Å²) in [6.07, 6.45) is 0. The van der Waals surface area contributed by atoms with E-state index in [1.165, 1.54) is 23.3 Å². The molecule has 0 bridgehead atoms. The number of hydrogen-bond acceptors (Lipinski definition) is 2. The third kappa shape index (κ3) is 2.83. The molecule has 3 rings (SSSR count). The van der Waals surface area contributed by atoms with Crippen LogP contribution in [0.15, 0.2) is 46.9 Å². The van der Waals surface area contributed by atoms with Crippen molar-refractivity contribution in [2.24, 2.45) is 0 Å². The normalized spacial score (nSPS) is 11.2. The second kappa shape index (κ2) is 5.70. The lowest BCUT2D eigenvalue weighted by molar-refractivity contribution is 0.618. The van der Waals surface area contributed by atoms with Crippen LogP contribution in [-0.2, 0) is 6.54 Å². The van der Waals surface area contributed by atoms with Gasteiger partial charge in [-0.15, -0.1) is 0 Å². The molecule has 0 aliphatic rings. The third-order valence-electron chi connectivity index (χ3n) is 3.57. The van der Waals surface area contributed by atoms with Gasteiger partial charge in [0, 0.05) is 17.5 Å². The molecule has 0 saturated carbocycles. The van der Waals surface area contributed by atoms with Crippen LogP contribution >= 0.6 is 0 Å². The number of benzene rings is 2. The fourth-order valence-electron chi connectivity index (χ4n) is 2.48. The first-order chi connectivity index (χ1) is 10.2. The summed E-state index contributed by atoms with van der Waals surface area (Å²) >= 11 is 0. The predicted molar refractivity (Wildman–Crippen MR) is 83.7 cm³/mol. The van der Waals surface area contributed by atoms with Gasteiger partial charge < -0.3 is 9.73 Å². The van der Waals surface area contributed by atoms with Crippen LogP contribution in [0.1, 0.15) is 18.1 Å². The summed E-state index contributed by atoms with van der Waals surface area (Å²) < 4.78 is 19.2. The van der Waals surface area contributed by atoms with Crippen molar-refractivity contribution < 1.29 is 8.81 Å². The first-order valence-corrected chi connectivity index (χ1v) is 7.17. The minimum atomic E-state index is -0.244. The van der Waals surface area contributed by atoms with Crippen molar-refractivity contribution in [3.8, 4) is 11.3 Å². The minimum Gasteiger partial charge on any atom is -0.456 e. The van der Waals surface area contributed by atoms with Crippen molar-refractivity contribution in [1.82, 2.24) is 5.32 Å². The highest BCUT2D eigenvalue weighted by molar-refractivity contribution is 5.83. The van der Waals surface area contributed by atoms with Gasteiger partial charge in [-0.05, 0) is 49.4 Å². The molecule has 0 saturated heterocycles. The van der Waals surface area contributed by atoms with Crippen LogP contribution in [0.25, 0.3) is 22.3 Å². The Morgan fingerprint density at radius 3 is 2.76 bits per heavy atom. The van der Waals surface area contributed by atoms with E-state index in [9.17, 15) is 4.39 Å². The Hall–Kier alpha value is -2.13. The van der Waals surface area contributed by atoms with E-state index in [0.717, 1.165) is 29.8 Å². The van der Waals surface area contributed by atoms with Crippen molar-refractivity contribution in [2.45, 2.75) is 20.4 Å². The van der Waals surface area contributed by atoms with E-state index in [2.05, 4.69) is 37.4 Å². The largest absolute Gasteiger partial charge is 0.456 e. The predicted octanol–water partition coefficient (Wildman–Crippen LogP) is 4.66. The second-order valence-corrected chi connectivity index (χ2v) is 5.23. The third-order valence-corrected chi connectivity index (χ3v) is 3.57. The number of furan rings is 1. The maximum atomic E-state index is 13.3. The summed E-state index contributed by atoms with van der Waals surface area (Å²) in [5.41, 5.74) is 4.13. The van der Waals surface area contributed by atoms with Crippen LogP contribution in [0.5, 0.6) is 0 Å². The van der Waals surface area contributed by atoms with Crippen molar-refractivity contribution in [3.63, 3.8) is 0 Å². The van der Waals surface area contributed by atoms with Crippen LogP contribution in [0, 0.1) is 12.7 Å². The first kappa shape index (κ1) is 13.8. The highest BCUT2D eigenvalue weighted by Gasteiger charge is 2.11. The molecule has 0 aliphatic heterocycles. The Labute approximate surface area is 123 Å². The standard InChI is InChI=1S/C18H18FNO/c1-3-20-11-13-5-4-12(2)8-16(13)18-10-14-9-15(19)6-7-17(14)21-18/h4-10,20H,3,11H2,1-2H3. The zero-order valence-corrected chi connectivity index (χ0v) is 12.2. The number of nitrogens with one attached hydrogen (secondary N) is 1. The molecule has 108 valence electrons. The molecule has 3 aromatic rings. The number of fused-ring (bicyclic) bond motifs is 1. The van der Waals surface area contributed by atoms with Crippen LogP contribution in [0.4, 0.5) is 4.39 Å². The molecular weight excluding hydrogens is 265 g/mol. The van der Waals surface area contributed by atoms with Gasteiger partial charge in [-0.1, -0.05) is 24.6 Å².